The molecule has 0 aromatic rings. The lowest BCUT2D eigenvalue weighted by atomic mass is 9.88. The van der Waals surface area contributed by atoms with Crippen molar-refractivity contribution in [2.75, 3.05) is 18.8 Å². The van der Waals surface area contributed by atoms with Crippen LogP contribution in [-0.2, 0) is 10.0 Å². The lowest BCUT2D eigenvalue weighted by Gasteiger charge is -2.24. The van der Waals surface area contributed by atoms with Crippen molar-refractivity contribution in [2.24, 2.45) is 11.1 Å². The largest absolute Gasteiger partial charge is 0.389 e. The van der Waals surface area contributed by atoms with Gasteiger partial charge in [-0.2, -0.15) is 13.2 Å². The highest BCUT2D eigenvalue weighted by Crippen LogP contribution is 2.22. The number of halogens is 3. The molecule has 0 spiro atoms. The SMILES string of the molecule is CC(C)(CCCN)CNS(=O)(=O)CCCC(F)(F)F. The molecule has 0 aromatic carbocycles. The standard InChI is InChI=1S/C11H23F3N2O2S/c1-10(2,5-3-7-15)9-16-19(17,18)8-4-6-11(12,13)14/h16H,3-9,15H2,1-2H3. The number of sulfonamides is 1. The predicted molar refractivity (Wildman–Crippen MR) is 69.1 cm³/mol. The minimum atomic E-state index is -4.31. The Kier molecular flexibility index (Phi) is 7.31. The van der Waals surface area contributed by atoms with E-state index in [4.69, 9.17) is 5.73 Å². The molecule has 0 aliphatic carbocycles. The van der Waals surface area contributed by atoms with Gasteiger partial charge >= 0.3 is 6.18 Å². The van der Waals surface area contributed by atoms with Gasteiger partial charge in [-0.25, -0.2) is 13.1 Å². The summed E-state index contributed by atoms with van der Waals surface area (Å²) < 4.78 is 61.2. The van der Waals surface area contributed by atoms with E-state index in [1.54, 1.807) is 0 Å². The highest BCUT2D eigenvalue weighted by Gasteiger charge is 2.28. The van der Waals surface area contributed by atoms with Crippen LogP contribution in [0.5, 0.6) is 0 Å². The van der Waals surface area contributed by atoms with Gasteiger partial charge < -0.3 is 5.73 Å². The van der Waals surface area contributed by atoms with Crippen molar-refractivity contribution < 1.29 is 21.6 Å². The van der Waals surface area contributed by atoms with Crippen LogP contribution in [0.4, 0.5) is 13.2 Å². The Morgan fingerprint density at radius 3 is 2.16 bits per heavy atom. The zero-order chi connectivity index (χ0) is 15.2. The number of nitrogens with one attached hydrogen (secondary N) is 1. The van der Waals surface area contributed by atoms with Gasteiger partial charge in [-0.3, -0.25) is 0 Å². The first kappa shape index (κ1) is 18.7. The van der Waals surface area contributed by atoms with Gasteiger partial charge in [-0.05, 0) is 31.2 Å². The van der Waals surface area contributed by atoms with E-state index in [1.165, 1.54) is 0 Å². The Morgan fingerprint density at radius 2 is 1.68 bits per heavy atom. The maximum atomic E-state index is 11.9. The molecule has 116 valence electrons. The van der Waals surface area contributed by atoms with Gasteiger partial charge in [0.15, 0.2) is 0 Å². The number of alkyl halides is 3. The van der Waals surface area contributed by atoms with Gasteiger partial charge in [-0.15, -0.1) is 0 Å². The molecule has 19 heavy (non-hydrogen) atoms. The summed E-state index contributed by atoms with van der Waals surface area (Å²) in [6.45, 7) is 4.52. The van der Waals surface area contributed by atoms with Crippen molar-refractivity contribution in [3.05, 3.63) is 0 Å². The lowest BCUT2D eigenvalue weighted by molar-refractivity contribution is -0.134. The fourth-order valence-electron chi connectivity index (χ4n) is 1.51. The molecule has 0 amide bonds. The molecule has 0 aliphatic heterocycles. The molecule has 0 heterocycles. The maximum Gasteiger partial charge on any atom is 0.389 e. The zero-order valence-corrected chi connectivity index (χ0v) is 12.2. The van der Waals surface area contributed by atoms with Gasteiger partial charge in [0.1, 0.15) is 0 Å². The topological polar surface area (TPSA) is 72.2 Å². The van der Waals surface area contributed by atoms with Crippen LogP contribution in [0.15, 0.2) is 0 Å². The second-order valence-electron chi connectivity index (χ2n) is 5.42. The Balaban J connectivity index is 4.10. The monoisotopic (exact) mass is 304 g/mol. The molecular weight excluding hydrogens is 281 g/mol. The van der Waals surface area contributed by atoms with Crippen LogP contribution in [0.25, 0.3) is 0 Å². The molecule has 0 fully saturated rings. The molecule has 3 N–H and O–H groups in total. The maximum absolute atomic E-state index is 11.9. The summed E-state index contributed by atoms with van der Waals surface area (Å²) in [5.41, 5.74) is 5.13. The minimum Gasteiger partial charge on any atom is -0.330 e. The number of nitrogens with two attached hydrogens (primary N) is 1. The van der Waals surface area contributed by atoms with Crippen LogP contribution in [0.1, 0.15) is 39.5 Å². The average Bonchev–Trinajstić information content (AvgIpc) is 2.22. The molecule has 0 unspecified atom stereocenters. The van der Waals surface area contributed by atoms with Gasteiger partial charge in [0.05, 0.1) is 5.75 Å². The average molecular weight is 304 g/mol. The van der Waals surface area contributed by atoms with Crippen LogP contribution >= 0.6 is 0 Å². The Morgan fingerprint density at radius 1 is 1.11 bits per heavy atom. The Labute approximate surface area is 113 Å². The van der Waals surface area contributed by atoms with E-state index >= 15 is 0 Å². The number of rotatable bonds is 9. The van der Waals surface area contributed by atoms with Crippen molar-refractivity contribution in [1.29, 1.82) is 0 Å². The molecule has 0 saturated heterocycles. The molecule has 0 radical (unpaired) electrons. The van der Waals surface area contributed by atoms with E-state index in [0.717, 1.165) is 12.8 Å². The molecule has 0 bridgehead atoms. The highest BCUT2D eigenvalue weighted by molar-refractivity contribution is 7.89. The second-order valence-corrected chi connectivity index (χ2v) is 7.34. The third-order valence-corrected chi connectivity index (χ3v) is 4.11. The van der Waals surface area contributed by atoms with Crippen molar-refractivity contribution in [3.63, 3.8) is 0 Å². The zero-order valence-electron chi connectivity index (χ0n) is 11.4. The summed E-state index contributed by atoms with van der Waals surface area (Å²) in [4.78, 5) is 0. The summed E-state index contributed by atoms with van der Waals surface area (Å²) in [5.74, 6) is -0.501. The van der Waals surface area contributed by atoms with Crippen LogP contribution in [0.2, 0.25) is 0 Å². The molecule has 0 rings (SSSR count). The Bertz CT molecular complexity index is 353. The molecule has 4 nitrogen and oxygen atoms in total. The van der Waals surface area contributed by atoms with Crippen molar-refractivity contribution in [2.45, 2.75) is 45.7 Å². The lowest BCUT2D eigenvalue weighted by Crippen LogP contribution is -2.35. The van der Waals surface area contributed by atoms with E-state index in [0.29, 0.717) is 6.54 Å². The van der Waals surface area contributed by atoms with Crippen molar-refractivity contribution in [1.82, 2.24) is 4.72 Å². The van der Waals surface area contributed by atoms with Gasteiger partial charge in [0.25, 0.3) is 0 Å². The second kappa shape index (κ2) is 7.44. The number of hydrogen-bond donors (Lipinski definition) is 2. The first-order valence-electron chi connectivity index (χ1n) is 6.22. The van der Waals surface area contributed by atoms with Gasteiger partial charge in [0, 0.05) is 13.0 Å². The van der Waals surface area contributed by atoms with E-state index in [2.05, 4.69) is 4.72 Å². The molecule has 0 aromatic heterocycles. The highest BCUT2D eigenvalue weighted by atomic mass is 32.2. The molecule has 0 aliphatic rings. The van der Waals surface area contributed by atoms with Crippen LogP contribution in [-0.4, -0.2) is 33.4 Å². The quantitative estimate of drug-likeness (QED) is 0.684. The van der Waals surface area contributed by atoms with E-state index in [-0.39, 0.29) is 12.0 Å². The molecule has 0 atom stereocenters. The summed E-state index contributed by atoms with van der Waals surface area (Å²) >= 11 is 0. The number of hydrogen-bond acceptors (Lipinski definition) is 3. The summed E-state index contributed by atoms with van der Waals surface area (Å²) in [6.07, 6.45) is -4.26. The van der Waals surface area contributed by atoms with Crippen LogP contribution in [0, 0.1) is 5.41 Å². The summed E-state index contributed by atoms with van der Waals surface area (Å²) in [5, 5.41) is 0. The Hall–Kier alpha value is -0.340. The molecule has 0 saturated carbocycles. The fourth-order valence-corrected chi connectivity index (χ4v) is 2.79. The first-order valence-corrected chi connectivity index (χ1v) is 7.87. The fraction of sp³-hybridized carbons (Fsp3) is 1.00. The van der Waals surface area contributed by atoms with Crippen molar-refractivity contribution in [3.8, 4) is 0 Å². The normalized spacial score (nSPS) is 13.8. The molecule has 8 heteroatoms. The smallest absolute Gasteiger partial charge is 0.330 e. The summed E-state index contributed by atoms with van der Waals surface area (Å²) in [7, 11) is -3.64. The summed E-state index contributed by atoms with van der Waals surface area (Å²) in [6, 6.07) is 0. The van der Waals surface area contributed by atoms with E-state index in [1.807, 2.05) is 13.8 Å². The first-order chi connectivity index (χ1) is 8.47. The third-order valence-electron chi connectivity index (χ3n) is 2.70. The molecular formula is C11H23F3N2O2S. The van der Waals surface area contributed by atoms with Crippen LogP contribution < -0.4 is 10.5 Å². The van der Waals surface area contributed by atoms with E-state index < -0.39 is 34.8 Å². The third kappa shape index (κ3) is 11.2. The van der Waals surface area contributed by atoms with Gasteiger partial charge in [0.2, 0.25) is 10.0 Å². The van der Waals surface area contributed by atoms with Gasteiger partial charge in [-0.1, -0.05) is 13.8 Å². The minimum absolute atomic E-state index is 0.210. The predicted octanol–water partition coefficient (Wildman–Crippen LogP) is 2.01. The van der Waals surface area contributed by atoms with E-state index in [9.17, 15) is 21.6 Å². The van der Waals surface area contributed by atoms with Crippen molar-refractivity contribution >= 4 is 10.0 Å². The van der Waals surface area contributed by atoms with Crippen LogP contribution in [0.3, 0.4) is 0 Å².